The number of hydrogen-bond acceptors (Lipinski definition) is 6. The van der Waals surface area contributed by atoms with E-state index in [9.17, 15) is 18.3 Å². The summed E-state index contributed by atoms with van der Waals surface area (Å²) in [5.41, 5.74) is -0.463. The summed E-state index contributed by atoms with van der Waals surface area (Å²) in [6.07, 6.45) is 1.47. The maximum absolute atomic E-state index is 12.7. The van der Waals surface area contributed by atoms with E-state index in [0.29, 0.717) is 5.56 Å². The normalized spacial score (nSPS) is 19.7. The number of pyridine rings is 1. The lowest BCUT2D eigenvalue weighted by atomic mass is 9.92. The summed E-state index contributed by atoms with van der Waals surface area (Å²) in [5.74, 6) is -2.05. The predicted octanol–water partition coefficient (Wildman–Crippen LogP) is 2.75. The zero-order chi connectivity index (χ0) is 19.9. The summed E-state index contributed by atoms with van der Waals surface area (Å²) in [6, 6.07) is 16.7. The van der Waals surface area contributed by atoms with Crippen molar-refractivity contribution >= 4 is 26.7 Å². The third-order valence-corrected chi connectivity index (χ3v) is 5.94. The number of aliphatic hydroxyl groups excluding tert-OH is 1. The number of benzene rings is 2. The Morgan fingerprint density at radius 1 is 1.07 bits per heavy atom. The lowest BCUT2D eigenvalue weighted by molar-refractivity contribution is -0.131. The minimum atomic E-state index is -4.03. The van der Waals surface area contributed by atoms with Gasteiger partial charge in [-0.25, -0.2) is 13.1 Å². The average Bonchev–Trinajstić information content (AvgIpc) is 2.92. The Kier molecular flexibility index (Phi) is 4.08. The van der Waals surface area contributed by atoms with Crippen molar-refractivity contribution in [3.05, 3.63) is 84.1 Å². The van der Waals surface area contributed by atoms with Gasteiger partial charge in [-0.15, -0.1) is 0 Å². The van der Waals surface area contributed by atoms with E-state index >= 15 is 0 Å². The Morgan fingerprint density at radius 2 is 1.75 bits per heavy atom. The van der Waals surface area contributed by atoms with Crippen molar-refractivity contribution in [2.75, 3.05) is 0 Å². The number of Topliss-reactive ketones (excluding diaryl/α,β-unsaturated/α-hetero) is 1. The standard InChI is InChI=1S/C20H16N2O5S/c1-20(14-11-13-7-5-6-10-16(13)21-12-14)18(24)17(23)19(27-20)22-28(25,26)15-8-3-2-4-9-15/h2-12,22-23H,1H3. The first-order chi connectivity index (χ1) is 13.3. The summed E-state index contributed by atoms with van der Waals surface area (Å²) < 4.78 is 32.8. The van der Waals surface area contributed by atoms with Crippen LogP contribution in [-0.2, 0) is 25.2 Å². The number of fused-ring (bicyclic) bond motifs is 1. The zero-order valence-corrected chi connectivity index (χ0v) is 15.6. The van der Waals surface area contributed by atoms with E-state index < -0.39 is 33.0 Å². The molecule has 0 amide bonds. The number of sulfonamides is 1. The second-order valence-corrected chi connectivity index (χ2v) is 8.16. The number of nitrogens with zero attached hydrogens (tertiary/aromatic N) is 1. The maximum atomic E-state index is 12.7. The van der Waals surface area contributed by atoms with Crippen molar-refractivity contribution in [1.82, 2.24) is 9.71 Å². The van der Waals surface area contributed by atoms with Crippen LogP contribution in [0, 0.1) is 0 Å². The Labute approximate surface area is 161 Å². The molecule has 0 aliphatic carbocycles. The van der Waals surface area contributed by atoms with Gasteiger partial charge < -0.3 is 9.84 Å². The number of aromatic nitrogens is 1. The fourth-order valence-electron chi connectivity index (χ4n) is 3.00. The van der Waals surface area contributed by atoms with Gasteiger partial charge in [0.05, 0.1) is 10.4 Å². The Balaban J connectivity index is 1.68. The van der Waals surface area contributed by atoms with Crippen LogP contribution >= 0.6 is 0 Å². The van der Waals surface area contributed by atoms with Crippen molar-refractivity contribution in [2.45, 2.75) is 17.4 Å². The fourth-order valence-corrected chi connectivity index (χ4v) is 4.02. The van der Waals surface area contributed by atoms with E-state index in [2.05, 4.69) is 9.71 Å². The van der Waals surface area contributed by atoms with Crippen LogP contribution in [0.5, 0.6) is 0 Å². The molecule has 1 atom stereocenters. The van der Waals surface area contributed by atoms with Gasteiger partial charge in [0.25, 0.3) is 15.8 Å². The summed E-state index contributed by atoms with van der Waals surface area (Å²) in [7, 11) is -4.03. The maximum Gasteiger partial charge on any atom is 0.264 e. The van der Waals surface area contributed by atoms with E-state index in [-0.39, 0.29) is 4.90 Å². The van der Waals surface area contributed by atoms with Gasteiger partial charge in [0.2, 0.25) is 17.2 Å². The van der Waals surface area contributed by atoms with E-state index in [1.54, 1.807) is 24.3 Å². The third kappa shape index (κ3) is 2.87. The summed E-state index contributed by atoms with van der Waals surface area (Å²) in [4.78, 5) is 17.0. The van der Waals surface area contributed by atoms with E-state index in [1.807, 2.05) is 24.3 Å². The van der Waals surface area contributed by atoms with Crippen LogP contribution in [-0.4, -0.2) is 24.3 Å². The van der Waals surface area contributed by atoms with Crippen molar-refractivity contribution in [2.24, 2.45) is 0 Å². The Hall–Kier alpha value is -3.39. The van der Waals surface area contributed by atoms with Gasteiger partial charge in [0.1, 0.15) is 0 Å². The van der Waals surface area contributed by atoms with E-state index in [0.717, 1.165) is 10.9 Å². The quantitative estimate of drug-likeness (QED) is 0.702. The molecular weight excluding hydrogens is 380 g/mol. The molecule has 0 radical (unpaired) electrons. The molecular formula is C20H16N2O5S. The van der Waals surface area contributed by atoms with Gasteiger partial charge >= 0.3 is 0 Å². The van der Waals surface area contributed by atoms with Crippen LogP contribution < -0.4 is 4.72 Å². The number of nitrogens with one attached hydrogen (secondary N) is 1. The molecule has 1 unspecified atom stereocenters. The molecule has 1 aromatic heterocycles. The van der Waals surface area contributed by atoms with Gasteiger partial charge in [0.15, 0.2) is 0 Å². The number of carbonyl (C=O) groups is 1. The Morgan fingerprint density at radius 3 is 2.50 bits per heavy atom. The van der Waals surface area contributed by atoms with Gasteiger partial charge in [-0.3, -0.25) is 9.78 Å². The summed E-state index contributed by atoms with van der Waals surface area (Å²) in [5, 5.41) is 11.0. The van der Waals surface area contributed by atoms with Gasteiger partial charge in [-0.1, -0.05) is 36.4 Å². The highest BCUT2D eigenvalue weighted by Gasteiger charge is 2.49. The molecule has 0 saturated carbocycles. The molecule has 28 heavy (non-hydrogen) atoms. The summed E-state index contributed by atoms with van der Waals surface area (Å²) in [6.45, 7) is 1.46. The zero-order valence-electron chi connectivity index (χ0n) is 14.8. The molecule has 0 spiro atoms. The first-order valence-corrected chi connectivity index (χ1v) is 9.90. The number of hydrogen-bond donors (Lipinski definition) is 2. The fraction of sp³-hybridized carbons (Fsp3) is 0.100. The Bertz CT molecular complexity index is 1220. The van der Waals surface area contributed by atoms with Gasteiger partial charge in [-0.05, 0) is 31.2 Å². The van der Waals surface area contributed by atoms with E-state index in [1.165, 1.54) is 25.3 Å². The molecule has 142 valence electrons. The molecule has 0 saturated heterocycles. The van der Waals surface area contributed by atoms with Gasteiger partial charge in [-0.2, -0.15) is 0 Å². The molecule has 2 heterocycles. The van der Waals surface area contributed by atoms with Crippen molar-refractivity contribution < 1.29 is 23.1 Å². The number of para-hydroxylation sites is 1. The highest BCUT2D eigenvalue weighted by Crippen LogP contribution is 2.38. The first kappa shape index (κ1) is 18.0. The second kappa shape index (κ2) is 6.35. The van der Waals surface area contributed by atoms with Crippen LogP contribution in [0.4, 0.5) is 0 Å². The van der Waals surface area contributed by atoms with Crippen molar-refractivity contribution in [3.63, 3.8) is 0 Å². The number of carbonyl (C=O) groups excluding carboxylic acids is 1. The molecule has 8 heteroatoms. The molecule has 3 aromatic rings. The molecule has 1 aliphatic heterocycles. The van der Waals surface area contributed by atoms with Crippen molar-refractivity contribution in [3.8, 4) is 0 Å². The largest absolute Gasteiger partial charge is 0.501 e. The first-order valence-electron chi connectivity index (χ1n) is 8.41. The number of aliphatic hydroxyl groups is 1. The number of rotatable bonds is 4. The molecule has 7 nitrogen and oxygen atoms in total. The minimum Gasteiger partial charge on any atom is -0.501 e. The monoisotopic (exact) mass is 396 g/mol. The van der Waals surface area contributed by atoms with Gasteiger partial charge in [0, 0.05) is 17.1 Å². The smallest absolute Gasteiger partial charge is 0.264 e. The summed E-state index contributed by atoms with van der Waals surface area (Å²) >= 11 is 0. The molecule has 4 rings (SSSR count). The van der Waals surface area contributed by atoms with Crippen LogP contribution in [0.1, 0.15) is 12.5 Å². The molecule has 0 bridgehead atoms. The molecule has 2 aromatic carbocycles. The number of ether oxygens (including phenoxy) is 1. The number of ketones is 1. The lowest BCUT2D eigenvalue weighted by Gasteiger charge is -2.23. The molecule has 2 N–H and O–H groups in total. The third-order valence-electron chi connectivity index (χ3n) is 4.59. The van der Waals surface area contributed by atoms with Crippen LogP contribution in [0.3, 0.4) is 0 Å². The highest BCUT2D eigenvalue weighted by molar-refractivity contribution is 7.89. The highest BCUT2D eigenvalue weighted by atomic mass is 32.2. The SMILES string of the molecule is CC1(c2cnc3ccccc3c2)OC(NS(=O)(=O)c2ccccc2)=C(O)C1=O. The minimum absolute atomic E-state index is 0.0210. The molecule has 0 fully saturated rings. The molecule has 1 aliphatic rings. The van der Waals surface area contributed by atoms with Crippen LogP contribution in [0.15, 0.2) is 83.4 Å². The van der Waals surface area contributed by atoms with E-state index in [4.69, 9.17) is 4.74 Å². The van der Waals surface area contributed by atoms with Crippen LogP contribution in [0.2, 0.25) is 0 Å². The topological polar surface area (TPSA) is 106 Å². The lowest BCUT2D eigenvalue weighted by Crippen LogP contribution is -2.32. The van der Waals surface area contributed by atoms with Crippen LogP contribution in [0.25, 0.3) is 10.9 Å². The average molecular weight is 396 g/mol. The second-order valence-electron chi connectivity index (χ2n) is 6.48. The van der Waals surface area contributed by atoms with Crippen molar-refractivity contribution in [1.29, 1.82) is 0 Å². The predicted molar refractivity (Wildman–Crippen MR) is 102 cm³/mol.